The van der Waals surface area contributed by atoms with Gasteiger partial charge in [-0.3, -0.25) is 0 Å². The molecule has 108 valence electrons. The first-order chi connectivity index (χ1) is 9.91. The topological polar surface area (TPSA) is 47.3 Å². The van der Waals surface area contributed by atoms with Crippen LogP contribution in [-0.4, -0.2) is 8.42 Å². The van der Waals surface area contributed by atoms with Gasteiger partial charge in [0.15, 0.2) is 0 Å². The zero-order valence-corrected chi connectivity index (χ0v) is 13.0. The monoisotopic (exact) mass is 300 g/mol. The van der Waals surface area contributed by atoms with Gasteiger partial charge in [0, 0.05) is 5.39 Å². The van der Waals surface area contributed by atoms with E-state index < -0.39 is 9.84 Å². The first kappa shape index (κ1) is 13.9. The number of hydrogen-bond acceptors (Lipinski definition) is 3. The van der Waals surface area contributed by atoms with Crippen LogP contribution < -0.4 is 0 Å². The summed E-state index contributed by atoms with van der Waals surface area (Å²) in [5, 5.41) is 0.649. The molecule has 21 heavy (non-hydrogen) atoms. The molecule has 0 bridgehead atoms. The summed E-state index contributed by atoms with van der Waals surface area (Å²) in [5.41, 5.74) is 2.34. The third-order valence-corrected chi connectivity index (χ3v) is 5.70. The van der Waals surface area contributed by atoms with Crippen LogP contribution in [0.25, 0.3) is 11.0 Å². The molecular weight excluding hydrogens is 284 g/mol. The molecule has 0 saturated carbocycles. The Labute approximate surface area is 124 Å². The number of benzene rings is 2. The molecule has 0 saturated heterocycles. The lowest BCUT2D eigenvalue weighted by atomic mass is 10.2. The minimum Gasteiger partial charge on any atom is -0.460 e. The van der Waals surface area contributed by atoms with Crippen LogP contribution in [0.2, 0.25) is 0 Å². The van der Waals surface area contributed by atoms with E-state index in [9.17, 15) is 8.42 Å². The van der Waals surface area contributed by atoms with Crippen molar-refractivity contribution in [2.45, 2.75) is 30.6 Å². The summed E-state index contributed by atoms with van der Waals surface area (Å²) in [6.07, 6.45) is 0. The second kappa shape index (κ2) is 4.74. The van der Waals surface area contributed by atoms with Gasteiger partial charge in [-0.2, -0.15) is 0 Å². The average molecular weight is 300 g/mol. The Bertz CT molecular complexity index is 934. The Kier molecular flexibility index (Phi) is 3.14. The van der Waals surface area contributed by atoms with Gasteiger partial charge in [0.1, 0.15) is 16.2 Å². The molecule has 0 fully saturated rings. The molecule has 3 nitrogen and oxygen atoms in total. The fraction of sp³-hybridized carbons (Fsp3) is 0.176. The summed E-state index contributed by atoms with van der Waals surface area (Å²) in [6.45, 7) is 5.43. The lowest BCUT2D eigenvalue weighted by Gasteiger charge is -2.07. The van der Waals surface area contributed by atoms with Gasteiger partial charge in [-0.25, -0.2) is 8.42 Å². The second-order valence-corrected chi connectivity index (χ2v) is 7.11. The van der Waals surface area contributed by atoms with Gasteiger partial charge in [0.25, 0.3) is 0 Å². The minimum absolute atomic E-state index is 0.274. The van der Waals surface area contributed by atoms with Crippen LogP contribution in [0.3, 0.4) is 0 Å². The van der Waals surface area contributed by atoms with Gasteiger partial charge in [-0.1, -0.05) is 29.8 Å². The maximum absolute atomic E-state index is 13.0. The SMILES string of the molecule is Cc1ccc2oc(C)c(S(=O)(=O)c3ccccc3C)c2c1. The summed E-state index contributed by atoms with van der Waals surface area (Å²) in [7, 11) is -3.59. The number of hydrogen-bond donors (Lipinski definition) is 0. The average Bonchev–Trinajstić information content (AvgIpc) is 2.74. The smallest absolute Gasteiger partial charge is 0.210 e. The third kappa shape index (κ3) is 2.16. The third-order valence-electron chi connectivity index (χ3n) is 3.61. The van der Waals surface area contributed by atoms with Crippen molar-refractivity contribution in [1.82, 2.24) is 0 Å². The molecule has 0 N–H and O–H groups in total. The molecule has 2 aromatic carbocycles. The number of sulfone groups is 1. The number of fused-ring (bicyclic) bond motifs is 1. The molecule has 0 unspecified atom stereocenters. The molecule has 0 atom stereocenters. The van der Waals surface area contributed by atoms with Crippen molar-refractivity contribution in [3.05, 3.63) is 59.4 Å². The van der Waals surface area contributed by atoms with Crippen molar-refractivity contribution in [1.29, 1.82) is 0 Å². The highest BCUT2D eigenvalue weighted by molar-refractivity contribution is 7.91. The quantitative estimate of drug-likeness (QED) is 0.713. The van der Waals surface area contributed by atoms with Crippen molar-refractivity contribution < 1.29 is 12.8 Å². The Morgan fingerprint density at radius 1 is 0.952 bits per heavy atom. The van der Waals surface area contributed by atoms with E-state index in [4.69, 9.17) is 4.42 Å². The van der Waals surface area contributed by atoms with Gasteiger partial charge in [0.05, 0.1) is 4.90 Å². The second-order valence-electron chi connectivity index (χ2n) is 5.26. The Hall–Kier alpha value is -2.07. The van der Waals surface area contributed by atoms with E-state index in [0.717, 1.165) is 11.1 Å². The summed E-state index contributed by atoms with van der Waals surface area (Å²) >= 11 is 0. The zero-order valence-electron chi connectivity index (χ0n) is 12.2. The number of rotatable bonds is 2. The molecular formula is C17H16O3S. The van der Waals surface area contributed by atoms with Crippen molar-refractivity contribution in [3.63, 3.8) is 0 Å². The van der Waals surface area contributed by atoms with Crippen LogP contribution in [0.1, 0.15) is 16.9 Å². The first-order valence-corrected chi connectivity index (χ1v) is 8.20. The molecule has 0 aliphatic heterocycles. The highest BCUT2D eigenvalue weighted by atomic mass is 32.2. The van der Waals surface area contributed by atoms with E-state index in [1.54, 1.807) is 32.0 Å². The van der Waals surface area contributed by atoms with E-state index >= 15 is 0 Å². The van der Waals surface area contributed by atoms with Gasteiger partial charge in [-0.05, 0) is 44.5 Å². The fourth-order valence-corrected chi connectivity index (χ4v) is 4.45. The van der Waals surface area contributed by atoms with Crippen molar-refractivity contribution in [2.75, 3.05) is 0 Å². The standard InChI is InChI=1S/C17H16O3S/c1-11-8-9-15-14(10-11)17(13(3)20-15)21(18,19)16-7-5-4-6-12(16)2/h4-10H,1-3H3. The number of furan rings is 1. The van der Waals surface area contributed by atoms with Crippen molar-refractivity contribution in [3.8, 4) is 0 Å². The zero-order chi connectivity index (χ0) is 15.2. The first-order valence-electron chi connectivity index (χ1n) is 6.72. The number of aryl methyl sites for hydroxylation is 3. The Balaban J connectivity index is 2.37. The van der Waals surface area contributed by atoms with Crippen LogP contribution in [0, 0.1) is 20.8 Å². The normalized spacial score (nSPS) is 12.0. The molecule has 0 radical (unpaired) electrons. The van der Waals surface area contributed by atoms with Gasteiger partial charge in [-0.15, -0.1) is 0 Å². The maximum atomic E-state index is 13.0. The van der Waals surface area contributed by atoms with Crippen LogP contribution in [-0.2, 0) is 9.84 Å². The lowest BCUT2D eigenvalue weighted by Crippen LogP contribution is -2.04. The van der Waals surface area contributed by atoms with Gasteiger partial charge in [0.2, 0.25) is 9.84 Å². The fourth-order valence-electron chi connectivity index (χ4n) is 2.61. The maximum Gasteiger partial charge on any atom is 0.210 e. The summed E-state index contributed by atoms with van der Waals surface area (Å²) in [5.74, 6) is 0.429. The summed E-state index contributed by atoms with van der Waals surface area (Å²) in [4.78, 5) is 0.604. The molecule has 1 heterocycles. The minimum atomic E-state index is -3.59. The van der Waals surface area contributed by atoms with Crippen LogP contribution in [0.5, 0.6) is 0 Å². The molecule has 0 aliphatic rings. The van der Waals surface area contributed by atoms with Crippen molar-refractivity contribution >= 4 is 20.8 Å². The van der Waals surface area contributed by atoms with E-state index in [1.165, 1.54) is 0 Å². The predicted molar refractivity (Wildman–Crippen MR) is 82.3 cm³/mol. The van der Waals surface area contributed by atoms with E-state index in [2.05, 4.69) is 0 Å². The molecule has 0 spiro atoms. The van der Waals surface area contributed by atoms with Gasteiger partial charge < -0.3 is 4.42 Å². The lowest BCUT2D eigenvalue weighted by molar-refractivity contribution is 0.557. The molecule has 0 amide bonds. The molecule has 0 aliphatic carbocycles. The summed E-state index contributed by atoms with van der Waals surface area (Å²) < 4.78 is 31.6. The van der Waals surface area contributed by atoms with E-state index in [0.29, 0.717) is 21.6 Å². The van der Waals surface area contributed by atoms with Crippen LogP contribution >= 0.6 is 0 Å². The van der Waals surface area contributed by atoms with Crippen LogP contribution in [0.15, 0.2) is 56.7 Å². The molecule has 4 heteroatoms. The van der Waals surface area contributed by atoms with Gasteiger partial charge >= 0.3 is 0 Å². The highest BCUT2D eigenvalue weighted by Crippen LogP contribution is 2.34. The highest BCUT2D eigenvalue weighted by Gasteiger charge is 2.27. The van der Waals surface area contributed by atoms with E-state index in [-0.39, 0.29) is 4.90 Å². The van der Waals surface area contributed by atoms with Crippen molar-refractivity contribution in [2.24, 2.45) is 0 Å². The Morgan fingerprint density at radius 3 is 2.38 bits per heavy atom. The Morgan fingerprint density at radius 2 is 1.67 bits per heavy atom. The van der Waals surface area contributed by atoms with Crippen LogP contribution in [0.4, 0.5) is 0 Å². The predicted octanol–water partition coefficient (Wildman–Crippen LogP) is 4.19. The molecule has 3 aromatic rings. The summed E-state index contributed by atoms with van der Waals surface area (Å²) in [6, 6.07) is 12.6. The van der Waals surface area contributed by atoms with E-state index in [1.807, 2.05) is 31.2 Å². The largest absolute Gasteiger partial charge is 0.460 e. The molecule has 3 rings (SSSR count). The molecule has 1 aromatic heterocycles.